The molecule has 8 heteroatoms. The van der Waals surface area contributed by atoms with E-state index < -0.39 is 35.3 Å². The summed E-state index contributed by atoms with van der Waals surface area (Å²) in [6.07, 6.45) is -1.34. The fraction of sp³-hybridized carbons (Fsp3) is 0.190. The SMILES string of the molecule is Cc1ccc(-c2nc(CC(=O)O[C@@H](C)C(=O)Nc3c(F)cccc3F)cs2)cc1. The monoisotopic (exact) mass is 416 g/mol. The zero-order valence-electron chi connectivity index (χ0n) is 15.7. The lowest BCUT2D eigenvalue weighted by Gasteiger charge is -2.14. The van der Waals surface area contributed by atoms with E-state index >= 15 is 0 Å². The van der Waals surface area contributed by atoms with Gasteiger partial charge in [0.25, 0.3) is 5.91 Å². The Morgan fingerprint density at radius 3 is 2.45 bits per heavy atom. The molecule has 29 heavy (non-hydrogen) atoms. The van der Waals surface area contributed by atoms with Crippen molar-refractivity contribution in [3.63, 3.8) is 0 Å². The number of esters is 1. The Balaban J connectivity index is 1.57. The van der Waals surface area contributed by atoms with Crippen molar-refractivity contribution in [2.75, 3.05) is 5.32 Å². The molecule has 1 aromatic heterocycles. The summed E-state index contributed by atoms with van der Waals surface area (Å²) in [4.78, 5) is 28.6. The maximum atomic E-state index is 13.6. The molecule has 0 aliphatic carbocycles. The Bertz CT molecular complexity index is 1010. The van der Waals surface area contributed by atoms with Crippen LogP contribution >= 0.6 is 11.3 Å². The number of benzene rings is 2. The van der Waals surface area contributed by atoms with Gasteiger partial charge in [-0.05, 0) is 26.0 Å². The van der Waals surface area contributed by atoms with Gasteiger partial charge in [-0.3, -0.25) is 9.59 Å². The second kappa shape index (κ2) is 8.91. The number of nitrogens with zero attached hydrogens (tertiary/aromatic N) is 1. The smallest absolute Gasteiger partial charge is 0.312 e. The van der Waals surface area contributed by atoms with E-state index in [9.17, 15) is 18.4 Å². The topological polar surface area (TPSA) is 68.3 Å². The molecule has 0 unspecified atom stereocenters. The van der Waals surface area contributed by atoms with Gasteiger partial charge in [-0.25, -0.2) is 13.8 Å². The highest BCUT2D eigenvalue weighted by molar-refractivity contribution is 7.13. The van der Waals surface area contributed by atoms with Gasteiger partial charge in [0.05, 0.1) is 12.1 Å². The minimum Gasteiger partial charge on any atom is -0.452 e. The summed E-state index contributed by atoms with van der Waals surface area (Å²) in [6, 6.07) is 11.1. The number of hydrogen-bond acceptors (Lipinski definition) is 5. The molecule has 0 bridgehead atoms. The van der Waals surface area contributed by atoms with Gasteiger partial charge in [0, 0.05) is 10.9 Å². The third-order valence-corrected chi connectivity index (χ3v) is 5.00. The van der Waals surface area contributed by atoms with Crippen LogP contribution in [0, 0.1) is 18.6 Å². The first-order chi connectivity index (χ1) is 13.8. The van der Waals surface area contributed by atoms with Gasteiger partial charge in [-0.2, -0.15) is 0 Å². The molecule has 3 rings (SSSR count). The lowest BCUT2D eigenvalue weighted by Crippen LogP contribution is -2.31. The van der Waals surface area contributed by atoms with Crippen LogP contribution < -0.4 is 5.32 Å². The summed E-state index contributed by atoms with van der Waals surface area (Å²) < 4.78 is 32.3. The van der Waals surface area contributed by atoms with Gasteiger partial charge < -0.3 is 10.1 Å². The molecule has 0 radical (unpaired) electrons. The lowest BCUT2D eigenvalue weighted by atomic mass is 10.2. The molecule has 0 aliphatic rings. The molecule has 1 atom stereocenters. The van der Waals surface area contributed by atoms with E-state index in [2.05, 4.69) is 10.3 Å². The number of amides is 1. The summed E-state index contributed by atoms with van der Waals surface area (Å²) in [6.45, 7) is 3.32. The van der Waals surface area contributed by atoms with Crippen LogP contribution in [0.15, 0.2) is 47.8 Å². The highest BCUT2D eigenvalue weighted by atomic mass is 32.1. The molecular weight excluding hydrogens is 398 g/mol. The normalized spacial score (nSPS) is 11.7. The van der Waals surface area contributed by atoms with Crippen LogP contribution in [0.4, 0.5) is 14.5 Å². The molecule has 1 heterocycles. The Labute approximate surface area is 170 Å². The van der Waals surface area contributed by atoms with Crippen LogP contribution in [-0.2, 0) is 20.7 Å². The fourth-order valence-electron chi connectivity index (χ4n) is 2.50. The van der Waals surface area contributed by atoms with Crippen LogP contribution in [-0.4, -0.2) is 23.0 Å². The fourth-order valence-corrected chi connectivity index (χ4v) is 3.33. The van der Waals surface area contributed by atoms with Crippen LogP contribution in [0.2, 0.25) is 0 Å². The van der Waals surface area contributed by atoms with E-state index in [4.69, 9.17) is 4.74 Å². The number of carbonyl (C=O) groups is 2. The van der Waals surface area contributed by atoms with E-state index in [1.807, 2.05) is 31.2 Å². The van der Waals surface area contributed by atoms with Gasteiger partial charge in [-0.1, -0.05) is 35.9 Å². The quantitative estimate of drug-likeness (QED) is 0.601. The predicted molar refractivity (Wildman–Crippen MR) is 107 cm³/mol. The molecular formula is C21H18F2N2O3S. The van der Waals surface area contributed by atoms with Crippen molar-refractivity contribution in [3.05, 3.63) is 70.7 Å². The highest BCUT2D eigenvalue weighted by Gasteiger charge is 2.21. The number of ether oxygens (including phenoxy) is 1. The lowest BCUT2D eigenvalue weighted by molar-refractivity contribution is -0.152. The summed E-state index contributed by atoms with van der Waals surface area (Å²) in [7, 11) is 0. The number of halogens is 2. The minimum atomic E-state index is -1.23. The Morgan fingerprint density at radius 2 is 1.79 bits per heavy atom. The summed E-state index contributed by atoms with van der Waals surface area (Å²) in [5, 5.41) is 4.62. The zero-order valence-corrected chi connectivity index (χ0v) is 16.6. The summed E-state index contributed by atoms with van der Waals surface area (Å²) >= 11 is 1.40. The van der Waals surface area contributed by atoms with Crippen molar-refractivity contribution >= 4 is 28.9 Å². The minimum absolute atomic E-state index is 0.117. The molecule has 5 nitrogen and oxygen atoms in total. The Morgan fingerprint density at radius 1 is 1.14 bits per heavy atom. The standard InChI is InChI=1S/C21H18F2N2O3S/c1-12-6-8-14(9-7-12)21-24-15(11-29-21)10-18(26)28-13(2)20(27)25-19-16(22)4-3-5-17(19)23/h3-9,11,13H,10H2,1-2H3,(H,25,27)/t13-/m0/s1. The van der Waals surface area contributed by atoms with Gasteiger partial charge in [0.15, 0.2) is 6.10 Å². The van der Waals surface area contributed by atoms with Crippen LogP contribution in [0.5, 0.6) is 0 Å². The van der Waals surface area contributed by atoms with Gasteiger partial charge in [-0.15, -0.1) is 11.3 Å². The maximum Gasteiger partial charge on any atom is 0.312 e. The molecule has 0 fully saturated rings. The predicted octanol–water partition coefficient (Wildman–Crippen LogP) is 4.51. The number of thiazole rings is 1. The number of rotatable bonds is 6. The molecule has 0 saturated carbocycles. The number of nitrogens with one attached hydrogen (secondary N) is 1. The van der Waals surface area contributed by atoms with Crippen molar-refractivity contribution < 1.29 is 23.1 Å². The zero-order chi connectivity index (χ0) is 21.0. The van der Waals surface area contributed by atoms with Crippen molar-refractivity contribution in [2.45, 2.75) is 26.4 Å². The van der Waals surface area contributed by atoms with E-state index in [1.165, 1.54) is 24.3 Å². The number of hydrogen-bond donors (Lipinski definition) is 1. The highest BCUT2D eigenvalue weighted by Crippen LogP contribution is 2.24. The van der Waals surface area contributed by atoms with E-state index in [0.29, 0.717) is 5.69 Å². The summed E-state index contributed by atoms with van der Waals surface area (Å²) in [5.41, 5.74) is 2.02. The average Bonchev–Trinajstić information content (AvgIpc) is 3.13. The van der Waals surface area contributed by atoms with Crippen LogP contribution in [0.1, 0.15) is 18.2 Å². The van der Waals surface area contributed by atoms with Crippen LogP contribution in [0.25, 0.3) is 10.6 Å². The number of carbonyl (C=O) groups excluding carboxylic acids is 2. The first kappa shape index (κ1) is 20.6. The molecule has 0 saturated heterocycles. The third-order valence-electron chi connectivity index (χ3n) is 4.06. The van der Waals surface area contributed by atoms with Crippen molar-refractivity contribution in [3.8, 4) is 10.6 Å². The first-order valence-electron chi connectivity index (χ1n) is 8.79. The third kappa shape index (κ3) is 5.23. The largest absolute Gasteiger partial charge is 0.452 e. The second-order valence-electron chi connectivity index (χ2n) is 6.40. The average molecular weight is 416 g/mol. The molecule has 150 valence electrons. The Kier molecular flexibility index (Phi) is 6.33. The van der Waals surface area contributed by atoms with Crippen molar-refractivity contribution in [1.82, 2.24) is 4.98 Å². The molecule has 2 aromatic carbocycles. The second-order valence-corrected chi connectivity index (χ2v) is 7.26. The van der Waals surface area contributed by atoms with E-state index in [0.717, 1.165) is 28.3 Å². The summed E-state index contributed by atoms with van der Waals surface area (Å²) in [5.74, 6) is -3.32. The van der Waals surface area contributed by atoms with Crippen molar-refractivity contribution in [2.24, 2.45) is 0 Å². The number of anilines is 1. The molecule has 0 spiro atoms. The number of aromatic nitrogens is 1. The van der Waals surface area contributed by atoms with Gasteiger partial charge in [0.1, 0.15) is 22.3 Å². The first-order valence-corrected chi connectivity index (χ1v) is 9.67. The Hall–Kier alpha value is -3.13. The molecule has 1 N–H and O–H groups in total. The van der Waals surface area contributed by atoms with E-state index in [-0.39, 0.29) is 6.42 Å². The molecule has 3 aromatic rings. The number of aryl methyl sites for hydroxylation is 1. The molecule has 1 amide bonds. The van der Waals surface area contributed by atoms with Crippen LogP contribution in [0.3, 0.4) is 0 Å². The maximum absolute atomic E-state index is 13.6. The van der Waals surface area contributed by atoms with Crippen molar-refractivity contribution in [1.29, 1.82) is 0 Å². The van der Waals surface area contributed by atoms with E-state index in [1.54, 1.807) is 5.38 Å². The van der Waals surface area contributed by atoms with Gasteiger partial charge >= 0.3 is 5.97 Å². The number of para-hydroxylation sites is 1. The van der Waals surface area contributed by atoms with Gasteiger partial charge in [0.2, 0.25) is 0 Å². The molecule has 0 aliphatic heterocycles.